The molecule has 0 aliphatic carbocycles. The summed E-state index contributed by atoms with van der Waals surface area (Å²) >= 11 is 0. The number of nitrogens with two attached hydrogens (primary N) is 1. The molecule has 0 unspecified atom stereocenters. The van der Waals surface area contributed by atoms with Crippen molar-refractivity contribution < 1.29 is 22.7 Å². The molecule has 0 radical (unpaired) electrons. The first-order chi connectivity index (χ1) is 11.4. The summed E-state index contributed by atoms with van der Waals surface area (Å²) in [5.41, 5.74) is 5.61. The summed E-state index contributed by atoms with van der Waals surface area (Å²) in [6, 6.07) is 12.9. The Morgan fingerprint density at radius 2 is 1.62 bits per heavy atom. The van der Waals surface area contributed by atoms with E-state index in [1.54, 1.807) is 36.4 Å². The first kappa shape index (κ1) is 17.8. The summed E-state index contributed by atoms with van der Waals surface area (Å²) in [4.78, 5) is 11.3. The Morgan fingerprint density at radius 3 is 2.21 bits per heavy atom. The van der Waals surface area contributed by atoms with Crippen LogP contribution in [0.25, 0.3) is 0 Å². The average molecular weight is 349 g/mol. The largest absolute Gasteiger partial charge is 0.493 e. The number of sulfone groups is 1. The van der Waals surface area contributed by atoms with Gasteiger partial charge in [-0.1, -0.05) is 6.07 Å². The molecule has 0 atom stereocenters. The molecule has 0 bridgehead atoms. The zero-order chi connectivity index (χ0) is 17.6. The Labute approximate surface area is 141 Å². The first-order valence-corrected chi connectivity index (χ1v) is 9.21. The fourth-order valence-corrected chi connectivity index (χ4v) is 2.59. The SMILES string of the molecule is CS(=O)(=O)c1ccc(OCCCOc2cccc(C(N)=O)c2)cc1. The van der Waals surface area contributed by atoms with Crippen LogP contribution in [0, 0.1) is 0 Å². The number of carbonyl (C=O) groups is 1. The van der Waals surface area contributed by atoms with Gasteiger partial charge < -0.3 is 15.2 Å². The van der Waals surface area contributed by atoms with Crippen LogP contribution < -0.4 is 15.2 Å². The van der Waals surface area contributed by atoms with Gasteiger partial charge in [0.15, 0.2) is 9.84 Å². The molecule has 2 aromatic rings. The van der Waals surface area contributed by atoms with Crippen molar-refractivity contribution in [1.29, 1.82) is 0 Å². The van der Waals surface area contributed by atoms with E-state index in [0.717, 1.165) is 6.26 Å². The van der Waals surface area contributed by atoms with E-state index in [-0.39, 0.29) is 4.90 Å². The lowest BCUT2D eigenvalue weighted by Crippen LogP contribution is -2.11. The van der Waals surface area contributed by atoms with Crippen molar-refractivity contribution in [3.8, 4) is 11.5 Å². The summed E-state index contributed by atoms with van der Waals surface area (Å²) in [6.07, 6.45) is 1.79. The second kappa shape index (κ2) is 7.83. The number of primary amides is 1. The van der Waals surface area contributed by atoms with Gasteiger partial charge in [0.05, 0.1) is 18.1 Å². The predicted molar refractivity (Wildman–Crippen MR) is 90.1 cm³/mol. The monoisotopic (exact) mass is 349 g/mol. The Morgan fingerprint density at radius 1 is 1.00 bits per heavy atom. The zero-order valence-corrected chi connectivity index (χ0v) is 14.1. The van der Waals surface area contributed by atoms with Crippen molar-refractivity contribution in [1.82, 2.24) is 0 Å². The maximum Gasteiger partial charge on any atom is 0.248 e. The van der Waals surface area contributed by atoms with Gasteiger partial charge in [-0.2, -0.15) is 0 Å². The van der Waals surface area contributed by atoms with Gasteiger partial charge in [-0.05, 0) is 42.5 Å². The molecule has 0 fully saturated rings. The van der Waals surface area contributed by atoms with E-state index in [1.807, 2.05) is 0 Å². The first-order valence-electron chi connectivity index (χ1n) is 7.32. The van der Waals surface area contributed by atoms with Crippen LogP contribution in [0.4, 0.5) is 0 Å². The molecule has 0 saturated carbocycles. The Hall–Kier alpha value is -2.54. The van der Waals surface area contributed by atoms with E-state index < -0.39 is 15.7 Å². The minimum atomic E-state index is -3.20. The average Bonchev–Trinajstić information content (AvgIpc) is 2.54. The number of carbonyl (C=O) groups excluding carboxylic acids is 1. The van der Waals surface area contributed by atoms with Crippen molar-refractivity contribution in [3.63, 3.8) is 0 Å². The van der Waals surface area contributed by atoms with Crippen LogP contribution >= 0.6 is 0 Å². The van der Waals surface area contributed by atoms with Crippen LogP contribution in [0.2, 0.25) is 0 Å². The zero-order valence-electron chi connectivity index (χ0n) is 13.3. The number of benzene rings is 2. The highest BCUT2D eigenvalue weighted by Gasteiger charge is 2.06. The summed E-state index contributed by atoms with van der Waals surface area (Å²) in [5, 5.41) is 0. The fourth-order valence-electron chi connectivity index (χ4n) is 1.96. The lowest BCUT2D eigenvalue weighted by molar-refractivity contribution is 0.0999. The molecule has 0 spiro atoms. The number of ether oxygens (including phenoxy) is 2. The van der Waals surface area contributed by atoms with Crippen LogP contribution in [0.3, 0.4) is 0 Å². The Kier molecular flexibility index (Phi) is 5.81. The normalized spacial score (nSPS) is 11.0. The van der Waals surface area contributed by atoms with Crippen LogP contribution in [0.5, 0.6) is 11.5 Å². The van der Waals surface area contributed by atoms with Crippen LogP contribution in [-0.2, 0) is 9.84 Å². The molecule has 0 heterocycles. The lowest BCUT2D eigenvalue weighted by Gasteiger charge is -2.09. The molecule has 0 aliphatic rings. The Bertz CT molecular complexity index is 800. The predicted octanol–water partition coefficient (Wildman–Crippen LogP) is 2.04. The topological polar surface area (TPSA) is 95.7 Å². The maximum absolute atomic E-state index is 11.4. The van der Waals surface area contributed by atoms with E-state index in [4.69, 9.17) is 15.2 Å². The van der Waals surface area contributed by atoms with Gasteiger partial charge in [0.2, 0.25) is 5.91 Å². The Balaban J connectivity index is 1.75. The van der Waals surface area contributed by atoms with Crippen LogP contribution in [0.1, 0.15) is 16.8 Å². The van der Waals surface area contributed by atoms with Gasteiger partial charge in [-0.15, -0.1) is 0 Å². The third-order valence-corrected chi connectivity index (χ3v) is 4.33. The highest BCUT2D eigenvalue weighted by molar-refractivity contribution is 7.90. The summed E-state index contributed by atoms with van der Waals surface area (Å²) < 4.78 is 33.8. The molecule has 0 saturated heterocycles. The van der Waals surface area contributed by atoms with E-state index in [2.05, 4.69) is 0 Å². The van der Waals surface area contributed by atoms with Gasteiger partial charge in [0, 0.05) is 18.2 Å². The maximum atomic E-state index is 11.4. The van der Waals surface area contributed by atoms with Gasteiger partial charge in [0.25, 0.3) is 0 Å². The summed E-state index contributed by atoms with van der Waals surface area (Å²) in [7, 11) is -3.20. The third-order valence-electron chi connectivity index (χ3n) is 3.20. The summed E-state index contributed by atoms with van der Waals surface area (Å²) in [6.45, 7) is 0.845. The van der Waals surface area contributed by atoms with Crippen molar-refractivity contribution in [2.75, 3.05) is 19.5 Å². The van der Waals surface area contributed by atoms with E-state index >= 15 is 0 Å². The van der Waals surface area contributed by atoms with E-state index in [9.17, 15) is 13.2 Å². The molecule has 2 rings (SSSR count). The number of rotatable bonds is 8. The minimum Gasteiger partial charge on any atom is -0.493 e. The van der Waals surface area contributed by atoms with E-state index in [1.165, 1.54) is 12.1 Å². The standard InChI is InChI=1S/C17H19NO5S/c1-24(20,21)16-8-6-14(7-9-16)22-10-3-11-23-15-5-2-4-13(12-15)17(18)19/h2,4-9,12H,3,10-11H2,1H3,(H2,18,19). The van der Waals surface area contributed by atoms with Gasteiger partial charge in [-0.25, -0.2) is 8.42 Å². The minimum absolute atomic E-state index is 0.257. The summed E-state index contributed by atoms with van der Waals surface area (Å²) in [5.74, 6) is 0.670. The molecule has 24 heavy (non-hydrogen) atoms. The lowest BCUT2D eigenvalue weighted by atomic mass is 10.2. The third kappa shape index (κ3) is 5.27. The van der Waals surface area contributed by atoms with Crippen LogP contribution in [0.15, 0.2) is 53.4 Å². The van der Waals surface area contributed by atoms with Gasteiger partial charge in [0.1, 0.15) is 11.5 Å². The highest BCUT2D eigenvalue weighted by Crippen LogP contribution is 2.16. The molecule has 2 aromatic carbocycles. The molecule has 0 aromatic heterocycles. The van der Waals surface area contributed by atoms with Crippen molar-refractivity contribution in [2.24, 2.45) is 5.73 Å². The fraction of sp³-hybridized carbons (Fsp3) is 0.235. The second-order valence-electron chi connectivity index (χ2n) is 5.19. The van der Waals surface area contributed by atoms with Gasteiger partial charge >= 0.3 is 0 Å². The van der Waals surface area contributed by atoms with Crippen molar-refractivity contribution >= 4 is 15.7 Å². The molecule has 6 nitrogen and oxygen atoms in total. The van der Waals surface area contributed by atoms with Gasteiger partial charge in [-0.3, -0.25) is 4.79 Å². The molecule has 0 aliphatic heterocycles. The molecule has 7 heteroatoms. The van der Waals surface area contributed by atoms with E-state index in [0.29, 0.717) is 36.7 Å². The van der Waals surface area contributed by atoms with Crippen molar-refractivity contribution in [2.45, 2.75) is 11.3 Å². The molecule has 2 N–H and O–H groups in total. The second-order valence-corrected chi connectivity index (χ2v) is 7.20. The number of amides is 1. The number of hydrogen-bond acceptors (Lipinski definition) is 5. The number of hydrogen-bond donors (Lipinski definition) is 1. The van der Waals surface area contributed by atoms with Crippen LogP contribution in [-0.4, -0.2) is 33.8 Å². The van der Waals surface area contributed by atoms with Crippen molar-refractivity contribution in [3.05, 3.63) is 54.1 Å². The molecule has 128 valence electrons. The molecular weight excluding hydrogens is 330 g/mol. The molecular formula is C17H19NO5S. The highest BCUT2D eigenvalue weighted by atomic mass is 32.2. The quantitative estimate of drug-likeness (QED) is 0.736. The molecule has 1 amide bonds. The smallest absolute Gasteiger partial charge is 0.248 e.